The van der Waals surface area contributed by atoms with Crippen LogP contribution in [0.5, 0.6) is 5.75 Å². The first-order chi connectivity index (χ1) is 9.83. The third-order valence-corrected chi connectivity index (χ3v) is 3.58. The smallest absolute Gasteiger partial charge is 0.123 e. The Morgan fingerprint density at radius 3 is 1.80 bits per heavy atom. The van der Waals surface area contributed by atoms with Gasteiger partial charge in [0.2, 0.25) is 0 Å². The van der Waals surface area contributed by atoms with Crippen molar-refractivity contribution in [2.75, 3.05) is 6.61 Å². The predicted octanol–water partition coefficient (Wildman–Crippen LogP) is 6.13. The fourth-order valence-corrected chi connectivity index (χ4v) is 2.31. The minimum absolute atomic E-state index is 0.212. The van der Waals surface area contributed by atoms with Crippen LogP contribution in [0.2, 0.25) is 0 Å². The van der Waals surface area contributed by atoms with E-state index in [1.807, 2.05) is 0 Å². The Kier molecular flexibility index (Phi) is 9.99. The maximum Gasteiger partial charge on any atom is 0.123 e. The molecular formula is C18H29FO. The van der Waals surface area contributed by atoms with Gasteiger partial charge < -0.3 is 4.74 Å². The standard InChI is InChI=1S/C18H29FO/c1-2-3-4-5-6-7-8-9-10-11-16-20-18-14-12-17(19)13-15-18/h12-15H,2-11,16H2,1H3. The van der Waals surface area contributed by atoms with Crippen molar-refractivity contribution in [3.8, 4) is 5.75 Å². The molecule has 1 nitrogen and oxygen atoms in total. The Morgan fingerprint density at radius 2 is 1.25 bits per heavy atom. The van der Waals surface area contributed by atoms with E-state index in [9.17, 15) is 4.39 Å². The number of ether oxygens (including phenoxy) is 1. The van der Waals surface area contributed by atoms with Gasteiger partial charge in [0.15, 0.2) is 0 Å². The molecule has 2 heteroatoms. The van der Waals surface area contributed by atoms with Crippen LogP contribution >= 0.6 is 0 Å². The zero-order valence-corrected chi connectivity index (χ0v) is 12.9. The summed E-state index contributed by atoms with van der Waals surface area (Å²) in [7, 11) is 0. The van der Waals surface area contributed by atoms with E-state index in [0.717, 1.165) is 18.8 Å². The fourth-order valence-electron chi connectivity index (χ4n) is 2.31. The monoisotopic (exact) mass is 280 g/mol. The first-order valence-electron chi connectivity index (χ1n) is 8.21. The van der Waals surface area contributed by atoms with Crippen molar-refractivity contribution in [1.29, 1.82) is 0 Å². The van der Waals surface area contributed by atoms with Gasteiger partial charge in [-0.1, -0.05) is 64.7 Å². The minimum Gasteiger partial charge on any atom is -0.494 e. The predicted molar refractivity (Wildman–Crippen MR) is 83.7 cm³/mol. The van der Waals surface area contributed by atoms with Crippen molar-refractivity contribution in [2.45, 2.75) is 71.1 Å². The van der Waals surface area contributed by atoms with Crippen molar-refractivity contribution in [3.63, 3.8) is 0 Å². The molecule has 0 aliphatic heterocycles. The summed E-state index contributed by atoms with van der Waals surface area (Å²) < 4.78 is 18.3. The summed E-state index contributed by atoms with van der Waals surface area (Å²) in [5.74, 6) is 0.554. The molecule has 0 aliphatic rings. The molecule has 0 fully saturated rings. The molecule has 0 bridgehead atoms. The van der Waals surface area contributed by atoms with Crippen LogP contribution in [-0.2, 0) is 0 Å². The lowest BCUT2D eigenvalue weighted by molar-refractivity contribution is 0.304. The molecular weight excluding hydrogens is 251 g/mol. The van der Waals surface area contributed by atoms with Crippen molar-refractivity contribution < 1.29 is 9.13 Å². The molecule has 0 unspecified atom stereocenters. The van der Waals surface area contributed by atoms with Crippen LogP contribution in [0.1, 0.15) is 71.1 Å². The van der Waals surface area contributed by atoms with E-state index in [-0.39, 0.29) is 5.82 Å². The molecule has 0 atom stereocenters. The molecule has 0 heterocycles. The zero-order chi connectivity index (χ0) is 14.5. The summed E-state index contributed by atoms with van der Waals surface area (Å²) in [4.78, 5) is 0. The highest BCUT2D eigenvalue weighted by Crippen LogP contribution is 2.13. The third kappa shape index (κ3) is 8.95. The highest BCUT2D eigenvalue weighted by molar-refractivity contribution is 5.21. The maximum absolute atomic E-state index is 12.7. The second-order valence-corrected chi connectivity index (χ2v) is 5.48. The highest BCUT2D eigenvalue weighted by atomic mass is 19.1. The Labute approximate surface area is 123 Å². The Bertz CT molecular complexity index is 321. The number of hydrogen-bond acceptors (Lipinski definition) is 1. The van der Waals surface area contributed by atoms with Gasteiger partial charge in [-0.3, -0.25) is 0 Å². The molecule has 0 amide bonds. The molecule has 0 saturated heterocycles. The average molecular weight is 280 g/mol. The summed E-state index contributed by atoms with van der Waals surface area (Å²) in [5, 5.41) is 0. The van der Waals surface area contributed by atoms with E-state index in [1.165, 1.54) is 69.9 Å². The first kappa shape index (κ1) is 17.0. The lowest BCUT2D eigenvalue weighted by atomic mass is 10.1. The number of hydrogen-bond donors (Lipinski definition) is 0. The van der Waals surface area contributed by atoms with Crippen LogP contribution in [0, 0.1) is 5.82 Å². The van der Waals surface area contributed by atoms with E-state index in [1.54, 1.807) is 12.1 Å². The molecule has 0 aliphatic carbocycles. The van der Waals surface area contributed by atoms with E-state index in [4.69, 9.17) is 4.74 Å². The van der Waals surface area contributed by atoms with Crippen molar-refractivity contribution in [2.24, 2.45) is 0 Å². The Morgan fingerprint density at radius 1 is 0.750 bits per heavy atom. The lowest BCUT2D eigenvalue weighted by Gasteiger charge is -2.06. The molecule has 0 spiro atoms. The van der Waals surface area contributed by atoms with Crippen LogP contribution in [0.4, 0.5) is 4.39 Å². The van der Waals surface area contributed by atoms with Gasteiger partial charge in [0, 0.05) is 0 Å². The molecule has 0 N–H and O–H groups in total. The van der Waals surface area contributed by atoms with Crippen LogP contribution < -0.4 is 4.74 Å². The first-order valence-corrected chi connectivity index (χ1v) is 8.21. The molecule has 0 saturated carbocycles. The second kappa shape index (κ2) is 11.7. The third-order valence-electron chi connectivity index (χ3n) is 3.58. The second-order valence-electron chi connectivity index (χ2n) is 5.48. The zero-order valence-electron chi connectivity index (χ0n) is 12.9. The summed E-state index contributed by atoms with van der Waals surface area (Å²) in [6.45, 7) is 3.00. The van der Waals surface area contributed by atoms with E-state index in [0.29, 0.717) is 0 Å². The number of unbranched alkanes of at least 4 members (excludes halogenated alkanes) is 9. The van der Waals surface area contributed by atoms with Crippen LogP contribution in [-0.4, -0.2) is 6.61 Å². The van der Waals surface area contributed by atoms with Gasteiger partial charge in [-0.15, -0.1) is 0 Å². The molecule has 1 rings (SSSR count). The highest BCUT2D eigenvalue weighted by Gasteiger charge is 1.95. The van der Waals surface area contributed by atoms with Crippen LogP contribution in [0.15, 0.2) is 24.3 Å². The molecule has 20 heavy (non-hydrogen) atoms. The number of benzene rings is 1. The molecule has 0 aromatic heterocycles. The Balaban J connectivity index is 1.84. The van der Waals surface area contributed by atoms with E-state index in [2.05, 4.69) is 6.92 Å². The van der Waals surface area contributed by atoms with Crippen molar-refractivity contribution in [3.05, 3.63) is 30.1 Å². The maximum atomic E-state index is 12.7. The summed E-state index contributed by atoms with van der Waals surface area (Å²) in [6.07, 6.45) is 13.3. The molecule has 1 aromatic carbocycles. The van der Waals surface area contributed by atoms with E-state index >= 15 is 0 Å². The lowest BCUT2D eigenvalue weighted by Crippen LogP contribution is -1.97. The van der Waals surface area contributed by atoms with Gasteiger partial charge in [-0.25, -0.2) is 4.39 Å². The van der Waals surface area contributed by atoms with Gasteiger partial charge in [0.05, 0.1) is 6.61 Å². The average Bonchev–Trinajstić information content (AvgIpc) is 2.47. The van der Waals surface area contributed by atoms with Crippen LogP contribution in [0.3, 0.4) is 0 Å². The largest absolute Gasteiger partial charge is 0.494 e. The number of rotatable bonds is 12. The summed E-state index contributed by atoms with van der Waals surface area (Å²) >= 11 is 0. The van der Waals surface area contributed by atoms with E-state index < -0.39 is 0 Å². The van der Waals surface area contributed by atoms with Crippen LogP contribution in [0.25, 0.3) is 0 Å². The normalized spacial score (nSPS) is 10.7. The topological polar surface area (TPSA) is 9.23 Å². The summed E-state index contributed by atoms with van der Waals surface area (Å²) in [6, 6.07) is 6.25. The Hall–Kier alpha value is -1.05. The fraction of sp³-hybridized carbons (Fsp3) is 0.667. The van der Waals surface area contributed by atoms with Gasteiger partial charge >= 0.3 is 0 Å². The van der Waals surface area contributed by atoms with Gasteiger partial charge in [-0.05, 0) is 30.7 Å². The minimum atomic E-state index is -0.212. The van der Waals surface area contributed by atoms with Gasteiger partial charge in [0.25, 0.3) is 0 Å². The van der Waals surface area contributed by atoms with Crippen molar-refractivity contribution in [1.82, 2.24) is 0 Å². The van der Waals surface area contributed by atoms with Gasteiger partial charge in [-0.2, -0.15) is 0 Å². The number of halogens is 1. The summed E-state index contributed by atoms with van der Waals surface area (Å²) in [5.41, 5.74) is 0. The molecule has 0 radical (unpaired) electrons. The SMILES string of the molecule is CCCCCCCCCCCCOc1ccc(F)cc1. The van der Waals surface area contributed by atoms with Gasteiger partial charge in [0.1, 0.15) is 11.6 Å². The molecule has 1 aromatic rings. The van der Waals surface area contributed by atoms with Crippen molar-refractivity contribution >= 4 is 0 Å². The molecule has 114 valence electrons. The quantitative estimate of drug-likeness (QED) is 0.419.